The van der Waals surface area contributed by atoms with Crippen molar-refractivity contribution in [2.45, 2.75) is 81.5 Å². The Morgan fingerprint density at radius 2 is 1.90 bits per heavy atom. The van der Waals surface area contributed by atoms with Gasteiger partial charge >= 0.3 is 17.9 Å². The van der Waals surface area contributed by atoms with E-state index in [1.54, 1.807) is 13.0 Å². The van der Waals surface area contributed by atoms with Gasteiger partial charge in [-0.2, -0.15) is 0 Å². The van der Waals surface area contributed by atoms with Gasteiger partial charge in [0, 0.05) is 30.5 Å². The maximum Gasteiger partial charge on any atom is 0.353 e. The molecule has 2 bridgehead atoms. The summed E-state index contributed by atoms with van der Waals surface area (Å²) in [6, 6.07) is 12.8. The Kier molecular flexibility index (Phi) is 7.11. The van der Waals surface area contributed by atoms with Gasteiger partial charge in [-0.15, -0.1) is 0 Å². The number of carbonyl (C=O) groups is 3. The molecule has 2 heterocycles. The summed E-state index contributed by atoms with van der Waals surface area (Å²) in [6.45, 7) is 3.30. The van der Waals surface area contributed by atoms with Gasteiger partial charge in [-0.25, -0.2) is 4.79 Å². The molecule has 0 radical (unpaired) electrons. The monoisotopic (exact) mass is 577 g/mol. The van der Waals surface area contributed by atoms with E-state index in [1.807, 2.05) is 49.5 Å². The zero-order valence-corrected chi connectivity index (χ0v) is 23.9. The molecule has 2 aromatic rings. The van der Waals surface area contributed by atoms with Crippen molar-refractivity contribution in [3.8, 4) is 5.75 Å². The van der Waals surface area contributed by atoms with Crippen LogP contribution in [0.4, 0.5) is 0 Å². The van der Waals surface area contributed by atoms with Crippen molar-refractivity contribution in [1.29, 1.82) is 0 Å². The van der Waals surface area contributed by atoms with Crippen molar-refractivity contribution in [2.75, 3.05) is 13.6 Å². The van der Waals surface area contributed by atoms with Crippen LogP contribution in [0.25, 0.3) is 0 Å². The standard InChI is InChI=1S/C32H35NO9/c1-18(20-7-5-4-6-8-20)39-26(36)16-24(40-19(2)35)30(37)41-23-11-12-32(38)25-15-21-9-10-22(17-34)28-27(21)31(32,29(23)42-28)13-14-33(25)3/h4-11,18,24-25,29,34,38H,12-17H2,1-3H3/t18-,24+,25-,29?,31?,32-/m1/s1. The summed E-state index contributed by atoms with van der Waals surface area (Å²) in [6.07, 6.45) is -0.459. The first-order valence-corrected chi connectivity index (χ1v) is 14.3. The highest BCUT2D eigenvalue weighted by Crippen LogP contribution is 2.64. The molecule has 6 rings (SSSR count). The molecule has 1 fully saturated rings. The molecular formula is C32H35NO9. The number of aliphatic hydroxyl groups is 2. The van der Waals surface area contributed by atoms with E-state index < -0.39 is 53.7 Å². The van der Waals surface area contributed by atoms with E-state index >= 15 is 0 Å². The molecule has 2 N–H and O–H groups in total. The second-order valence-corrected chi connectivity index (χ2v) is 11.7. The van der Waals surface area contributed by atoms with Crippen LogP contribution in [0, 0.1) is 0 Å². The van der Waals surface area contributed by atoms with Gasteiger partial charge in [0.15, 0.2) is 6.10 Å². The molecule has 2 unspecified atom stereocenters. The number of rotatable bonds is 8. The van der Waals surface area contributed by atoms with Crippen LogP contribution in [-0.4, -0.2) is 70.5 Å². The Balaban J connectivity index is 1.27. The number of esters is 3. The van der Waals surface area contributed by atoms with Gasteiger partial charge in [0.1, 0.15) is 17.6 Å². The number of nitrogens with zero attached hydrogens (tertiary/aromatic N) is 1. The highest BCUT2D eigenvalue weighted by molar-refractivity contribution is 5.85. The lowest BCUT2D eigenvalue weighted by Crippen LogP contribution is -2.74. The Morgan fingerprint density at radius 1 is 1.14 bits per heavy atom. The molecule has 1 saturated heterocycles. The smallest absolute Gasteiger partial charge is 0.353 e. The lowest BCUT2D eigenvalue weighted by molar-refractivity contribution is -0.178. The lowest BCUT2D eigenvalue weighted by atomic mass is 9.50. The van der Waals surface area contributed by atoms with Gasteiger partial charge in [-0.3, -0.25) is 9.59 Å². The summed E-state index contributed by atoms with van der Waals surface area (Å²) in [5, 5.41) is 22.4. The molecule has 0 saturated carbocycles. The summed E-state index contributed by atoms with van der Waals surface area (Å²) in [5.41, 5.74) is 1.17. The first-order valence-electron chi connectivity index (χ1n) is 14.3. The summed E-state index contributed by atoms with van der Waals surface area (Å²) in [4.78, 5) is 40.3. The quantitative estimate of drug-likeness (QED) is 0.357. The van der Waals surface area contributed by atoms with Gasteiger partial charge in [-0.05, 0) is 50.6 Å². The van der Waals surface area contributed by atoms with Crippen LogP contribution in [-0.2, 0) is 47.0 Å². The summed E-state index contributed by atoms with van der Waals surface area (Å²) < 4.78 is 23.0. The van der Waals surface area contributed by atoms with E-state index in [9.17, 15) is 24.6 Å². The molecule has 2 aromatic carbocycles. The molecule has 2 aliphatic carbocycles. The zero-order valence-electron chi connectivity index (χ0n) is 23.9. The second-order valence-electron chi connectivity index (χ2n) is 11.7. The van der Waals surface area contributed by atoms with Crippen molar-refractivity contribution in [3.05, 3.63) is 76.6 Å². The van der Waals surface area contributed by atoms with Gasteiger partial charge in [0.2, 0.25) is 6.10 Å². The zero-order chi connectivity index (χ0) is 29.8. The van der Waals surface area contributed by atoms with Crippen molar-refractivity contribution in [1.82, 2.24) is 4.90 Å². The average Bonchev–Trinajstić information content (AvgIpc) is 3.32. The van der Waals surface area contributed by atoms with Gasteiger partial charge in [0.25, 0.3) is 0 Å². The number of hydrogen-bond acceptors (Lipinski definition) is 10. The number of likely N-dealkylation sites (N-methyl/N-ethyl adjacent to an activating group) is 1. The predicted octanol–water partition coefficient (Wildman–Crippen LogP) is 2.63. The number of aliphatic hydroxyl groups excluding tert-OH is 1. The number of hydrogen-bond donors (Lipinski definition) is 2. The van der Waals surface area contributed by atoms with Crippen molar-refractivity contribution in [3.63, 3.8) is 0 Å². The molecule has 0 aromatic heterocycles. The highest BCUT2D eigenvalue weighted by Gasteiger charge is 2.72. The third-order valence-electron chi connectivity index (χ3n) is 9.34. The van der Waals surface area contributed by atoms with Gasteiger partial charge < -0.3 is 34.1 Å². The van der Waals surface area contributed by atoms with E-state index in [1.165, 1.54) is 0 Å². The van der Waals surface area contributed by atoms with Gasteiger partial charge in [0.05, 0.1) is 24.0 Å². The predicted molar refractivity (Wildman–Crippen MR) is 148 cm³/mol. The fourth-order valence-corrected chi connectivity index (χ4v) is 7.38. The van der Waals surface area contributed by atoms with Crippen LogP contribution in [0.3, 0.4) is 0 Å². The van der Waals surface area contributed by atoms with Crippen LogP contribution in [0.1, 0.15) is 61.5 Å². The van der Waals surface area contributed by atoms with Crippen LogP contribution in [0.5, 0.6) is 5.75 Å². The molecule has 222 valence electrons. The van der Waals surface area contributed by atoms with Crippen LogP contribution >= 0.6 is 0 Å². The average molecular weight is 578 g/mol. The lowest BCUT2D eigenvalue weighted by Gasteiger charge is -2.61. The van der Waals surface area contributed by atoms with E-state index in [0.29, 0.717) is 30.7 Å². The minimum Gasteiger partial charge on any atom is -0.481 e. The topological polar surface area (TPSA) is 132 Å². The molecule has 6 atom stereocenters. The van der Waals surface area contributed by atoms with Crippen LogP contribution in [0.2, 0.25) is 0 Å². The van der Waals surface area contributed by atoms with Crippen molar-refractivity contribution < 1.29 is 43.5 Å². The molecule has 0 amide bonds. The third-order valence-corrected chi connectivity index (χ3v) is 9.34. The van der Waals surface area contributed by atoms with Crippen molar-refractivity contribution >= 4 is 17.9 Å². The van der Waals surface area contributed by atoms with Gasteiger partial charge in [-0.1, -0.05) is 42.5 Å². The number of piperidine rings is 1. The highest BCUT2D eigenvalue weighted by atomic mass is 16.6. The molecular weight excluding hydrogens is 542 g/mol. The summed E-state index contributed by atoms with van der Waals surface area (Å²) >= 11 is 0. The fourth-order valence-electron chi connectivity index (χ4n) is 7.38. The Hall–Kier alpha value is -3.73. The Labute approximate surface area is 243 Å². The molecule has 10 nitrogen and oxygen atoms in total. The van der Waals surface area contributed by atoms with Crippen molar-refractivity contribution in [2.24, 2.45) is 0 Å². The molecule has 1 spiro atoms. The van der Waals surface area contributed by atoms with E-state index in [0.717, 1.165) is 23.6 Å². The Morgan fingerprint density at radius 3 is 2.62 bits per heavy atom. The fraction of sp³-hybridized carbons (Fsp3) is 0.469. The number of benzene rings is 2. The SMILES string of the molecule is CC(=O)O[C@@H](CC(=O)O[C@H](C)c1ccccc1)C(=O)OC1=CC[C@@]2(O)[C@H]3Cc4ccc(CO)c5c4C2(CCN3C)C1O5. The maximum absolute atomic E-state index is 13.5. The molecule has 10 heteroatoms. The first-order chi connectivity index (χ1) is 20.1. The Bertz CT molecular complexity index is 1460. The maximum atomic E-state index is 13.5. The van der Waals surface area contributed by atoms with Crippen LogP contribution < -0.4 is 4.74 Å². The summed E-state index contributed by atoms with van der Waals surface area (Å²) in [5.74, 6) is -1.72. The van der Waals surface area contributed by atoms with E-state index in [-0.39, 0.29) is 24.8 Å². The largest absolute Gasteiger partial charge is 0.481 e. The minimum atomic E-state index is -1.54. The molecule has 4 aliphatic rings. The summed E-state index contributed by atoms with van der Waals surface area (Å²) in [7, 11) is 2.00. The first kappa shape index (κ1) is 28.4. The third kappa shape index (κ3) is 4.31. The number of carbonyl (C=O) groups excluding carboxylic acids is 3. The molecule has 42 heavy (non-hydrogen) atoms. The van der Waals surface area contributed by atoms with E-state index in [2.05, 4.69) is 4.90 Å². The number of ether oxygens (including phenoxy) is 4. The number of likely N-dealkylation sites (tertiary alicyclic amines) is 1. The van der Waals surface area contributed by atoms with Crippen LogP contribution in [0.15, 0.2) is 54.3 Å². The van der Waals surface area contributed by atoms with E-state index in [4.69, 9.17) is 18.9 Å². The minimum absolute atomic E-state index is 0.181. The molecule has 2 aliphatic heterocycles. The normalized spacial score (nSPS) is 28.5. The second kappa shape index (κ2) is 10.5.